The van der Waals surface area contributed by atoms with Crippen molar-refractivity contribution in [3.8, 4) is 11.1 Å². The maximum Gasteiger partial charge on any atom is 0.221 e. The number of ketones is 1. The van der Waals surface area contributed by atoms with Crippen LogP contribution in [0, 0.1) is 11.7 Å². The maximum atomic E-state index is 14.6. The first-order valence-electron chi connectivity index (χ1n) is 9.40. The van der Waals surface area contributed by atoms with Gasteiger partial charge < -0.3 is 10.2 Å². The molecule has 2 aromatic carbocycles. The molecule has 0 aliphatic carbocycles. The standard InChI is InChI=1S/C22H25FN2O2/c1-24-21(26)11-13-25-12-5-8-18(15-25)22(27)17-9-10-19(20(23)14-17)16-6-3-2-4-7-16/h2-4,6-7,9-10,14,18H,5,8,11-13,15H2,1H3,(H,24,26). The number of carbonyl (C=O) groups excluding carboxylic acids is 2. The van der Waals surface area contributed by atoms with Gasteiger partial charge in [-0.25, -0.2) is 4.39 Å². The van der Waals surface area contributed by atoms with Crippen molar-refractivity contribution in [1.82, 2.24) is 10.2 Å². The van der Waals surface area contributed by atoms with Crippen LogP contribution in [0.25, 0.3) is 11.1 Å². The first-order valence-corrected chi connectivity index (χ1v) is 9.40. The molecule has 0 radical (unpaired) electrons. The van der Waals surface area contributed by atoms with E-state index in [1.165, 1.54) is 6.07 Å². The number of amides is 1. The molecule has 1 N–H and O–H groups in total. The minimum absolute atomic E-state index is 0.00187. The number of Topliss-reactive ketones (excluding diaryl/α,β-unsaturated/α-hetero) is 1. The van der Waals surface area contributed by atoms with Crippen molar-refractivity contribution in [3.05, 3.63) is 59.9 Å². The number of likely N-dealkylation sites (tertiary alicyclic amines) is 1. The number of rotatable bonds is 6. The average Bonchev–Trinajstić information content (AvgIpc) is 2.72. The first-order chi connectivity index (χ1) is 13.1. The molecular weight excluding hydrogens is 343 g/mol. The van der Waals surface area contributed by atoms with E-state index in [2.05, 4.69) is 10.2 Å². The second-order valence-electron chi connectivity index (χ2n) is 6.99. The van der Waals surface area contributed by atoms with Crippen molar-refractivity contribution in [2.75, 3.05) is 26.7 Å². The van der Waals surface area contributed by atoms with E-state index in [-0.39, 0.29) is 23.4 Å². The summed E-state index contributed by atoms with van der Waals surface area (Å²) in [6.45, 7) is 2.16. The number of piperidine rings is 1. The summed E-state index contributed by atoms with van der Waals surface area (Å²) in [5.41, 5.74) is 1.72. The molecule has 0 aromatic heterocycles. The van der Waals surface area contributed by atoms with Crippen LogP contribution in [0.15, 0.2) is 48.5 Å². The van der Waals surface area contributed by atoms with Gasteiger partial charge in [-0.05, 0) is 31.0 Å². The molecule has 5 heteroatoms. The Morgan fingerprint density at radius 3 is 2.67 bits per heavy atom. The highest BCUT2D eigenvalue weighted by Crippen LogP contribution is 2.26. The van der Waals surface area contributed by atoms with Crippen LogP contribution in [0.4, 0.5) is 4.39 Å². The minimum atomic E-state index is -0.376. The van der Waals surface area contributed by atoms with E-state index in [9.17, 15) is 14.0 Å². The van der Waals surface area contributed by atoms with E-state index >= 15 is 0 Å². The average molecular weight is 368 g/mol. The van der Waals surface area contributed by atoms with E-state index < -0.39 is 0 Å². The predicted octanol–water partition coefficient (Wildman–Crippen LogP) is 3.52. The molecule has 142 valence electrons. The van der Waals surface area contributed by atoms with Crippen LogP contribution in [0.2, 0.25) is 0 Å². The molecule has 0 saturated carbocycles. The Hall–Kier alpha value is -2.53. The molecule has 1 aliphatic rings. The van der Waals surface area contributed by atoms with E-state index in [0.29, 0.717) is 30.6 Å². The fourth-order valence-electron chi connectivity index (χ4n) is 3.61. The number of benzene rings is 2. The lowest BCUT2D eigenvalue weighted by Gasteiger charge is -2.31. The summed E-state index contributed by atoms with van der Waals surface area (Å²) < 4.78 is 14.6. The highest BCUT2D eigenvalue weighted by molar-refractivity contribution is 5.98. The van der Waals surface area contributed by atoms with Gasteiger partial charge in [0.25, 0.3) is 0 Å². The Balaban J connectivity index is 1.68. The summed E-state index contributed by atoms with van der Waals surface area (Å²) in [4.78, 5) is 26.4. The number of hydrogen-bond donors (Lipinski definition) is 1. The van der Waals surface area contributed by atoms with Crippen molar-refractivity contribution in [2.45, 2.75) is 19.3 Å². The zero-order chi connectivity index (χ0) is 19.2. The van der Waals surface area contributed by atoms with Crippen molar-refractivity contribution >= 4 is 11.7 Å². The van der Waals surface area contributed by atoms with E-state index in [1.807, 2.05) is 30.3 Å². The van der Waals surface area contributed by atoms with Crippen LogP contribution in [0.5, 0.6) is 0 Å². The minimum Gasteiger partial charge on any atom is -0.359 e. The van der Waals surface area contributed by atoms with Crippen molar-refractivity contribution in [3.63, 3.8) is 0 Å². The zero-order valence-electron chi connectivity index (χ0n) is 15.6. The largest absolute Gasteiger partial charge is 0.359 e. The van der Waals surface area contributed by atoms with Gasteiger partial charge in [0.05, 0.1) is 0 Å². The quantitative estimate of drug-likeness (QED) is 0.794. The molecule has 1 aliphatic heterocycles. The number of halogens is 1. The van der Waals surface area contributed by atoms with Gasteiger partial charge in [0.1, 0.15) is 5.82 Å². The SMILES string of the molecule is CNC(=O)CCN1CCCC(C(=O)c2ccc(-c3ccccc3)c(F)c2)C1. The van der Waals surface area contributed by atoms with Gasteiger partial charge in [0.2, 0.25) is 5.91 Å². The van der Waals surface area contributed by atoms with Crippen LogP contribution in [0.1, 0.15) is 29.6 Å². The van der Waals surface area contributed by atoms with Crippen molar-refractivity contribution in [1.29, 1.82) is 0 Å². The van der Waals surface area contributed by atoms with Crippen molar-refractivity contribution in [2.24, 2.45) is 5.92 Å². The van der Waals surface area contributed by atoms with Crippen molar-refractivity contribution < 1.29 is 14.0 Å². The van der Waals surface area contributed by atoms with Gasteiger partial charge in [0, 0.05) is 43.6 Å². The Kier molecular flexibility index (Phi) is 6.35. The Morgan fingerprint density at radius 1 is 1.19 bits per heavy atom. The van der Waals surface area contributed by atoms with Gasteiger partial charge in [-0.1, -0.05) is 42.5 Å². The normalized spacial score (nSPS) is 17.5. The lowest BCUT2D eigenvalue weighted by Crippen LogP contribution is -2.40. The van der Waals surface area contributed by atoms with Gasteiger partial charge in [-0.3, -0.25) is 9.59 Å². The van der Waals surface area contributed by atoms with Gasteiger partial charge >= 0.3 is 0 Å². The molecule has 1 saturated heterocycles. The summed E-state index contributed by atoms with van der Waals surface area (Å²) in [6.07, 6.45) is 2.14. The highest BCUT2D eigenvalue weighted by Gasteiger charge is 2.27. The molecule has 1 heterocycles. The smallest absolute Gasteiger partial charge is 0.221 e. The molecule has 1 fully saturated rings. The first kappa shape index (κ1) is 19.2. The number of hydrogen-bond acceptors (Lipinski definition) is 3. The second kappa shape index (κ2) is 8.91. The molecule has 0 spiro atoms. The zero-order valence-corrected chi connectivity index (χ0v) is 15.6. The third kappa shape index (κ3) is 4.80. The van der Waals surface area contributed by atoms with Gasteiger partial charge in [-0.15, -0.1) is 0 Å². The second-order valence-corrected chi connectivity index (χ2v) is 6.99. The number of carbonyl (C=O) groups is 2. The lowest BCUT2D eigenvalue weighted by molar-refractivity contribution is -0.121. The third-order valence-corrected chi connectivity index (χ3v) is 5.15. The Bertz CT molecular complexity index is 807. The fraction of sp³-hybridized carbons (Fsp3) is 0.364. The summed E-state index contributed by atoms with van der Waals surface area (Å²) in [5.74, 6) is -0.537. The molecule has 27 heavy (non-hydrogen) atoms. The summed E-state index contributed by atoms with van der Waals surface area (Å²) >= 11 is 0. The molecular formula is C22H25FN2O2. The van der Waals surface area contributed by atoms with Crippen LogP contribution in [0.3, 0.4) is 0 Å². The monoisotopic (exact) mass is 368 g/mol. The number of nitrogens with one attached hydrogen (secondary N) is 1. The van der Waals surface area contributed by atoms with Crippen LogP contribution in [-0.4, -0.2) is 43.3 Å². The van der Waals surface area contributed by atoms with Gasteiger partial charge in [0.15, 0.2) is 5.78 Å². The highest BCUT2D eigenvalue weighted by atomic mass is 19.1. The van der Waals surface area contributed by atoms with Crippen LogP contribution >= 0.6 is 0 Å². The Morgan fingerprint density at radius 2 is 1.96 bits per heavy atom. The predicted molar refractivity (Wildman–Crippen MR) is 104 cm³/mol. The molecule has 4 nitrogen and oxygen atoms in total. The summed E-state index contributed by atoms with van der Waals surface area (Å²) in [5, 5.41) is 2.62. The van der Waals surface area contributed by atoms with Gasteiger partial charge in [-0.2, -0.15) is 0 Å². The summed E-state index contributed by atoms with van der Waals surface area (Å²) in [6, 6.07) is 14.1. The molecule has 0 bridgehead atoms. The van der Waals surface area contributed by atoms with Crippen LogP contribution < -0.4 is 5.32 Å². The maximum absolute atomic E-state index is 14.6. The molecule has 1 amide bonds. The molecule has 2 aromatic rings. The third-order valence-electron chi connectivity index (χ3n) is 5.15. The lowest BCUT2D eigenvalue weighted by atomic mass is 9.89. The van der Waals surface area contributed by atoms with E-state index in [0.717, 1.165) is 24.9 Å². The molecule has 1 atom stereocenters. The molecule has 3 rings (SSSR count). The topological polar surface area (TPSA) is 49.4 Å². The van der Waals surface area contributed by atoms with E-state index in [1.54, 1.807) is 19.2 Å². The number of nitrogens with zero attached hydrogens (tertiary/aromatic N) is 1. The molecule has 1 unspecified atom stereocenters. The van der Waals surface area contributed by atoms with E-state index in [4.69, 9.17) is 0 Å². The van der Waals surface area contributed by atoms with Crippen LogP contribution in [-0.2, 0) is 4.79 Å². The Labute approximate surface area is 159 Å². The summed E-state index contributed by atoms with van der Waals surface area (Å²) in [7, 11) is 1.62. The fourth-order valence-corrected chi connectivity index (χ4v) is 3.61.